The Balaban J connectivity index is 1.63. The summed E-state index contributed by atoms with van der Waals surface area (Å²) in [6, 6.07) is 17.3. The largest absolute Gasteiger partial charge is 0.489 e. The monoisotopic (exact) mass is 422 g/mol. The number of nitrogens with zero attached hydrogens (tertiary/aromatic N) is 3. The zero-order valence-electron chi connectivity index (χ0n) is 15.9. The van der Waals surface area contributed by atoms with Crippen LogP contribution in [0.15, 0.2) is 59.3 Å². The van der Waals surface area contributed by atoms with Gasteiger partial charge in [0, 0.05) is 11.5 Å². The second-order valence-corrected chi connectivity index (χ2v) is 7.58. The van der Waals surface area contributed by atoms with Gasteiger partial charge in [0.15, 0.2) is 0 Å². The molecule has 0 bridgehead atoms. The predicted molar refractivity (Wildman–Crippen MR) is 116 cm³/mol. The van der Waals surface area contributed by atoms with Crippen molar-refractivity contribution in [2.24, 2.45) is 0 Å². The van der Waals surface area contributed by atoms with Crippen LogP contribution < -0.4 is 10.1 Å². The van der Waals surface area contributed by atoms with E-state index in [-0.39, 0.29) is 5.57 Å². The van der Waals surface area contributed by atoms with E-state index < -0.39 is 5.91 Å². The summed E-state index contributed by atoms with van der Waals surface area (Å²) in [7, 11) is 0. The van der Waals surface area contributed by atoms with E-state index in [4.69, 9.17) is 4.74 Å². The SMILES string of the molecule is CSc1nsc(NC(=O)/C(C#N)=C\c2ccc(OCc3cccc(C)c3)cc2)n1. The van der Waals surface area contributed by atoms with Gasteiger partial charge in [-0.05, 0) is 42.5 Å². The first kappa shape index (κ1) is 20.6. The summed E-state index contributed by atoms with van der Waals surface area (Å²) < 4.78 is 9.87. The fraction of sp³-hybridized carbons (Fsp3) is 0.143. The van der Waals surface area contributed by atoms with Gasteiger partial charge in [-0.15, -0.1) is 0 Å². The maximum Gasteiger partial charge on any atom is 0.268 e. The molecular weight excluding hydrogens is 404 g/mol. The highest BCUT2D eigenvalue weighted by Gasteiger charge is 2.12. The number of ether oxygens (including phenoxy) is 1. The van der Waals surface area contributed by atoms with Crippen LogP contribution in [-0.4, -0.2) is 21.5 Å². The lowest BCUT2D eigenvalue weighted by Crippen LogP contribution is -2.13. The number of carbonyl (C=O) groups is 1. The first-order chi connectivity index (χ1) is 14.1. The number of aromatic nitrogens is 2. The fourth-order valence-electron chi connectivity index (χ4n) is 2.45. The van der Waals surface area contributed by atoms with E-state index in [0.717, 1.165) is 22.7 Å². The average molecular weight is 423 g/mol. The highest BCUT2D eigenvalue weighted by Crippen LogP contribution is 2.20. The van der Waals surface area contributed by atoms with Crippen molar-refractivity contribution in [1.29, 1.82) is 5.26 Å². The Bertz CT molecular complexity index is 1070. The number of carbonyl (C=O) groups excluding carboxylic acids is 1. The highest BCUT2D eigenvalue weighted by molar-refractivity contribution is 7.98. The molecule has 8 heteroatoms. The number of thioether (sulfide) groups is 1. The molecule has 0 aliphatic carbocycles. The predicted octanol–water partition coefficient (Wildman–Crippen LogP) is 4.69. The molecule has 3 aromatic rings. The van der Waals surface area contributed by atoms with Gasteiger partial charge in [-0.25, -0.2) is 0 Å². The number of rotatable bonds is 7. The van der Waals surface area contributed by atoms with Gasteiger partial charge in [0.25, 0.3) is 5.91 Å². The molecule has 0 atom stereocenters. The van der Waals surface area contributed by atoms with Crippen LogP contribution in [0.25, 0.3) is 6.08 Å². The first-order valence-electron chi connectivity index (χ1n) is 8.66. The van der Waals surface area contributed by atoms with Crippen molar-refractivity contribution in [2.75, 3.05) is 11.6 Å². The molecule has 0 saturated carbocycles. The van der Waals surface area contributed by atoms with Gasteiger partial charge in [-0.1, -0.05) is 53.7 Å². The van der Waals surface area contributed by atoms with Gasteiger partial charge in [-0.2, -0.15) is 14.6 Å². The van der Waals surface area contributed by atoms with Crippen LogP contribution in [0, 0.1) is 18.3 Å². The second kappa shape index (κ2) is 9.87. The number of hydrogen-bond acceptors (Lipinski definition) is 7. The van der Waals surface area contributed by atoms with Gasteiger partial charge in [0.1, 0.15) is 24.0 Å². The topological polar surface area (TPSA) is 87.9 Å². The summed E-state index contributed by atoms with van der Waals surface area (Å²) in [5.41, 5.74) is 2.99. The van der Waals surface area contributed by atoms with Gasteiger partial charge in [-0.3, -0.25) is 10.1 Å². The zero-order valence-corrected chi connectivity index (χ0v) is 17.5. The van der Waals surface area contributed by atoms with Crippen LogP contribution in [0.5, 0.6) is 5.75 Å². The van der Waals surface area contributed by atoms with Crippen LogP contribution in [0.4, 0.5) is 5.13 Å². The number of benzene rings is 2. The maximum absolute atomic E-state index is 12.3. The van der Waals surface area contributed by atoms with Crippen molar-refractivity contribution in [2.45, 2.75) is 18.7 Å². The third kappa shape index (κ3) is 5.91. The van der Waals surface area contributed by atoms with Crippen LogP contribution in [-0.2, 0) is 11.4 Å². The van der Waals surface area contributed by atoms with Crippen LogP contribution in [0.2, 0.25) is 0 Å². The van der Waals surface area contributed by atoms with Crippen molar-refractivity contribution in [3.63, 3.8) is 0 Å². The Morgan fingerprint density at radius 2 is 2.10 bits per heavy atom. The molecule has 2 aromatic carbocycles. The molecule has 0 aliphatic heterocycles. The lowest BCUT2D eigenvalue weighted by molar-refractivity contribution is -0.112. The lowest BCUT2D eigenvalue weighted by atomic mass is 10.1. The molecule has 0 fully saturated rings. The van der Waals surface area contributed by atoms with Crippen LogP contribution >= 0.6 is 23.3 Å². The van der Waals surface area contributed by atoms with Crippen molar-refractivity contribution in [3.05, 3.63) is 70.8 Å². The van der Waals surface area contributed by atoms with Gasteiger partial charge < -0.3 is 4.74 Å². The lowest BCUT2D eigenvalue weighted by Gasteiger charge is -2.07. The summed E-state index contributed by atoms with van der Waals surface area (Å²) in [6.45, 7) is 2.52. The number of hydrogen-bond donors (Lipinski definition) is 1. The summed E-state index contributed by atoms with van der Waals surface area (Å²) in [5.74, 6) is 0.196. The van der Waals surface area contributed by atoms with Crippen LogP contribution in [0.1, 0.15) is 16.7 Å². The van der Waals surface area contributed by atoms with Gasteiger partial charge >= 0.3 is 0 Å². The van der Waals surface area contributed by atoms with E-state index in [1.54, 1.807) is 12.1 Å². The minimum atomic E-state index is -0.518. The smallest absolute Gasteiger partial charge is 0.268 e. The van der Waals surface area contributed by atoms with E-state index in [2.05, 4.69) is 20.7 Å². The summed E-state index contributed by atoms with van der Waals surface area (Å²) in [5, 5.41) is 12.9. The van der Waals surface area contributed by atoms with Gasteiger partial charge in [0.05, 0.1) is 0 Å². The Hall–Kier alpha value is -3.15. The number of nitriles is 1. The van der Waals surface area contributed by atoms with E-state index in [1.165, 1.54) is 23.4 Å². The van der Waals surface area contributed by atoms with Crippen molar-refractivity contribution in [3.8, 4) is 11.8 Å². The van der Waals surface area contributed by atoms with Crippen LogP contribution in [0.3, 0.4) is 0 Å². The quantitative estimate of drug-likeness (QED) is 0.337. The molecule has 146 valence electrons. The minimum Gasteiger partial charge on any atom is -0.489 e. The van der Waals surface area contributed by atoms with Crippen molar-refractivity contribution in [1.82, 2.24) is 9.36 Å². The molecule has 0 aliphatic rings. The number of aryl methyl sites for hydroxylation is 1. The third-order valence-electron chi connectivity index (χ3n) is 3.85. The molecule has 3 rings (SSSR count). The summed E-state index contributed by atoms with van der Waals surface area (Å²) >= 11 is 2.46. The van der Waals surface area contributed by atoms with Gasteiger partial charge in [0.2, 0.25) is 10.3 Å². The van der Waals surface area contributed by atoms with E-state index in [1.807, 2.05) is 49.6 Å². The van der Waals surface area contributed by atoms with Crippen molar-refractivity contribution >= 4 is 40.4 Å². The Kier molecular flexibility index (Phi) is 7.00. The molecule has 1 N–H and O–H groups in total. The molecule has 1 aromatic heterocycles. The molecule has 0 saturated heterocycles. The molecule has 1 heterocycles. The van der Waals surface area contributed by atoms with E-state index in [9.17, 15) is 10.1 Å². The third-order valence-corrected chi connectivity index (χ3v) is 5.15. The Morgan fingerprint density at radius 1 is 1.31 bits per heavy atom. The summed E-state index contributed by atoms with van der Waals surface area (Å²) in [6.07, 6.45) is 3.37. The molecule has 6 nitrogen and oxygen atoms in total. The number of anilines is 1. The molecular formula is C21H18N4O2S2. The first-order valence-corrected chi connectivity index (χ1v) is 10.7. The number of nitrogens with one attached hydrogen (secondary N) is 1. The standard InChI is InChI=1S/C21H18N4O2S2/c1-14-4-3-5-16(10-14)13-27-18-8-6-15(7-9-18)11-17(12-22)19(26)23-20-24-21(28-2)25-29-20/h3-11H,13H2,1-2H3,(H,23,24,25,26)/b17-11-. The molecule has 29 heavy (non-hydrogen) atoms. The zero-order chi connectivity index (χ0) is 20.6. The molecule has 0 spiro atoms. The Morgan fingerprint density at radius 3 is 2.76 bits per heavy atom. The summed E-state index contributed by atoms with van der Waals surface area (Å²) in [4.78, 5) is 16.4. The molecule has 1 amide bonds. The Labute approximate surface area is 177 Å². The van der Waals surface area contributed by atoms with E-state index >= 15 is 0 Å². The maximum atomic E-state index is 12.3. The van der Waals surface area contributed by atoms with Crippen molar-refractivity contribution < 1.29 is 9.53 Å². The normalized spacial score (nSPS) is 11.0. The fourth-order valence-corrected chi connectivity index (χ4v) is 3.57. The minimum absolute atomic E-state index is 0.0145. The molecule has 0 unspecified atom stereocenters. The second-order valence-electron chi connectivity index (χ2n) is 6.06. The average Bonchev–Trinajstić information content (AvgIpc) is 3.19. The van der Waals surface area contributed by atoms with E-state index in [0.29, 0.717) is 22.6 Å². The highest BCUT2D eigenvalue weighted by atomic mass is 32.2. The number of amides is 1. The molecule has 0 radical (unpaired) electrons.